The highest BCUT2D eigenvalue weighted by Crippen LogP contribution is 2.33. The first-order valence-electron chi connectivity index (χ1n) is 9.75. The zero-order valence-corrected chi connectivity index (χ0v) is 18.0. The molecule has 1 unspecified atom stereocenters. The van der Waals surface area contributed by atoms with Gasteiger partial charge >= 0.3 is 6.18 Å². The number of nitrogens with zero attached hydrogens (tertiary/aromatic N) is 2. The maximum atomic E-state index is 13.5. The minimum atomic E-state index is -4.85. The number of carbonyl (C=O) groups is 2. The first-order valence-corrected chi connectivity index (χ1v) is 9.75. The van der Waals surface area contributed by atoms with Gasteiger partial charge in [0.2, 0.25) is 5.43 Å². The Hall–Kier alpha value is -3.04. The number of furan rings is 1. The zero-order valence-electron chi connectivity index (χ0n) is 18.0. The number of rotatable bonds is 7. The summed E-state index contributed by atoms with van der Waals surface area (Å²) in [7, 11) is 1.52. The molecular weight excluding hydrogens is 415 g/mol. The molecule has 0 saturated carbocycles. The van der Waals surface area contributed by atoms with Crippen molar-refractivity contribution in [2.45, 2.75) is 46.0 Å². The van der Waals surface area contributed by atoms with E-state index in [4.69, 9.17) is 4.42 Å². The third-order valence-corrected chi connectivity index (χ3v) is 4.53. The van der Waals surface area contributed by atoms with Gasteiger partial charge in [0.05, 0.1) is 6.26 Å². The molecule has 0 aliphatic carbocycles. The first-order chi connectivity index (χ1) is 14.3. The molecule has 0 saturated heterocycles. The second-order valence-electron chi connectivity index (χ2n) is 8.00. The number of carbonyl (C=O) groups excluding carboxylic acids is 2. The molecule has 1 atom stereocenters. The summed E-state index contributed by atoms with van der Waals surface area (Å²) in [6, 6.07) is -0.357. The van der Waals surface area contributed by atoms with Crippen LogP contribution in [0.1, 0.15) is 66.3 Å². The molecule has 0 fully saturated rings. The van der Waals surface area contributed by atoms with Crippen LogP contribution in [0.4, 0.5) is 13.2 Å². The summed E-state index contributed by atoms with van der Waals surface area (Å²) < 4.78 is 46.7. The summed E-state index contributed by atoms with van der Waals surface area (Å²) in [4.78, 5) is 39.8. The monoisotopic (exact) mass is 441 g/mol. The van der Waals surface area contributed by atoms with Gasteiger partial charge < -0.3 is 19.2 Å². The summed E-state index contributed by atoms with van der Waals surface area (Å²) in [5.41, 5.74) is -1.78. The minimum Gasteiger partial charge on any atom is -0.467 e. The van der Waals surface area contributed by atoms with Crippen molar-refractivity contribution in [3.05, 3.63) is 57.9 Å². The van der Waals surface area contributed by atoms with Gasteiger partial charge in [0, 0.05) is 32.0 Å². The van der Waals surface area contributed by atoms with E-state index in [2.05, 4.69) is 0 Å². The number of aromatic nitrogens is 1. The molecule has 2 rings (SSSR count). The summed E-state index contributed by atoms with van der Waals surface area (Å²) in [5, 5.41) is 1.81. The largest absolute Gasteiger partial charge is 0.467 e. The predicted molar refractivity (Wildman–Crippen MR) is 108 cm³/mol. The fourth-order valence-electron chi connectivity index (χ4n) is 3.02. The van der Waals surface area contributed by atoms with Gasteiger partial charge in [-0.2, -0.15) is 13.2 Å². The van der Waals surface area contributed by atoms with Gasteiger partial charge in [-0.1, -0.05) is 13.8 Å². The van der Waals surface area contributed by atoms with Crippen LogP contribution in [0.15, 0.2) is 40.0 Å². The average Bonchev–Trinajstić information content (AvgIpc) is 3.17. The van der Waals surface area contributed by atoms with Crippen LogP contribution in [0.2, 0.25) is 0 Å². The van der Waals surface area contributed by atoms with Crippen LogP contribution in [0.5, 0.6) is 0 Å². The molecule has 1 N–H and O–H groups in total. The van der Waals surface area contributed by atoms with Crippen molar-refractivity contribution < 1.29 is 27.2 Å². The smallest absolute Gasteiger partial charge is 0.415 e. The van der Waals surface area contributed by atoms with E-state index in [0.29, 0.717) is 6.54 Å². The highest BCUT2D eigenvalue weighted by molar-refractivity contribution is 5.99. The number of hydrogen-bond donors (Lipinski definition) is 1. The predicted octanol–water partition coefficient (Wildman–Crippen LogP) is 3.78. The maximum Gasteiger partial charge on any atom is 0.415 e. The Labute approximate surface area is 177 Å². The standard InChI is InChI=1S/C21H26F3N3O4/c1-12(2)9-26(5)20(30)15-11-27(13(3)4)10-14(17(15)28)19(29)25-18(21(22,23)24)16-7-6-8-31-16/h6-8,10-13,18H,9H2,1-5H3,(H,25,29). The van der Waals surface area contributed by atoms with Crippen LogP contribution in [0.25, 0.3) is 0 Å². The van der Waals surface area contributed by atoms with E-state index >= 15 is 0 Å². The van der Waals surface area contributed by atoms with Gasteiger partial charge in [-0.3, -0.25) is 14.4 Å². The van der Waals surface area contributed by atoms with Crippen LogP contribution in [-0.2, 0) is 0 Å². The number of pyridine rings is 1. The van der Waals surface area contributed by atoms with Crippen LogP contribution >= 0.6 is 0 Å². The summed E-state index contributed by atoms with van der Waals surface area (Å²) >= 11 is 0. The second kappa shape index (κ2) is 9.40. The minimum absolute atomic E-state index is 0.133. The fourth-order valence-corrected chi connectivity index (χ4v) is 3.02. The Morgan fingerprint density at radius 1 is 1.16 bits per heavy atom. The van der Waals surface area contributed by atoms with Crippen molar-refractivity contribution in [1.82, 2.24) is 14.8 Å². The molecule has 31 heavy (non-hydrogen) atoms. The number of alkyl halides is 3. The Balaban J connectivity index is 2.49. The van der Waals surface area contributed by atoms with Gasteiger partial charge in [-0.05, 0) is 31.9 Å². The van der Waals surface area contributed by atoms with Crippen molar-refractivity contribution in [2.75, 3.05) is 13.6 Å². The lowest BCUT2D eigenvalue weighted by molar-refractivity contribution is -0.159. The van der Waals surface area contributed by atoms with Gasteiger partial charge in [0.15, 0.2) is 6.04 Å². The molecule has 2 amide bonds. The van der Waals surface area contributed by atoms with E-state index in [1.165, 1.54) is 28.8 Å². The molecule has 0 radical (unpaired) electrons. The van der Waals surface area contributed by atoms with Crippen LogP contribution < -0.4 is 10.7 Å². The third-order valence-electron chi connectivity index (χ3n) is 4.53. The van der Waals surface area contributed by atoms with Crippen molar-refractivity contribution >= 4 is 11.8 Å². The lowest BCUT2D eigenvalue weighted by Gasteiger charge is -2.22. The third kappa shape index (κ3) is 5.77. The van der Waals surface area contributed by atoms with E-state index in [0.717, 1.165) is 18.5 Å². The van der Waals surface area contributed by atoms with Crippen LogP contribution in [0, 0.1) is 5.92 Å². The van der Waals surface area contributed by atoms with Crippen molar-refractivity contribution in [2.24, 2.45) is 5.92 Å². The highest BCUT2D eigenvalue weighted by atomic mass is 19.4. The van der Waals surface area contributed by atoms with Gasteiger partial charge in [0.1, 0.15) is 16.9 Å². The number of hydrogen-bond acceptors (Lipinski definition) is 4. The number of halogens is 3. The highest BCUT2D eigenvalue weighted by Gasteiger charge is 2.44. The molecule has 0 spiro atoms. The zero-order chi connectivity index (χ0) is 23.5. The molecule has 7 nitrogen and oxygen atoms in total. The van der Waals surface area contributed by atoms with Gasteiger partial charge in [0.25, 0.3) is 11.8 Å². The summed E-state index contributed by atoms with van der Waals surface area (Å²) in [6.45, 7) is 7.65. The molecule has 0 aliphatic heterocycles. The Bertz CT molecular complexity index is 979. The van der Waals surface area contributed by atoms with Gasteiger partial charge in [-0.15, -0.1) is 0 Å². The van der Waals surface area contributed by atoms with Crippen molar-refractivity contribution in [3.63, 3.8) is 0 Å². The second-order valence-corrected chi connectivity index (χ2v) is 8.00. The van der Waals surface area contributed by atoms with Gasteiger partial charge in [-0.25, -0.2) is 0 Å². The molecule has 2 aromatic rings. The maximum absolute atomic E-state index is 13.5. The molecule has 0 aromatic carbocycles. The molecule has 2 heterocycles. The molecular formula is C21H26F3N3O4. The van der Waals surface area contributed by atoms with E-state index < -0.39 is 40.8 Å². The SMILES string of the molecule is CC(C)CN(C)C(=O)c1cn(C(C)C)cc(C(=O)NC(c2ccco2)C(F)(F)F)c1=O. The average molecular weight is 441 g/mol. The first kappa shape index (κ1) is 24.2. The fraction of sp³-hybridized carbons (Fsp3) is 0.476. The normalized spacial score (nSPS) is 12.8. The topological polar surface area (TPSA) is 84.6 Å². The quantitative estimate of drug-likeness (QED) is 0.709. The van der Waals surface area contributed by atoms with E-state index in [9.17, 15) is 27.6 Å². The summed E-state index contributed by atoms with van der Waals surface area (Å²) in [6.07, 6.45) is -1.33. The molecule has 2 aromatic heterocycles. The van der Waals surface area contributed by atoms with Crippen LogP contribution in [-0.4, -0.2) is 41.1 Å². The Morgan fingerprint density at radius 3 is 2.26 bits per heavy atom. The molecule has 0 aliphatic rings. The lowest BCUT2D eigenvalue weighted by atomic mass is 10.1. The van der Waals surface area contributed by atoms with Crippen LogP contribution in [0.3, 0.4) is 0 Å². The van der Waals surface area contributed by atoms with Crippen molar-refractivity contribution in [3.8, 4) is 0 Å². The number of amides is 2. The molecule has 10 heteroatoms. The van der Waals surface area contributed by atoms with E-state index in [1.54, 1.807) is 13.8 Å². The summed E-state index contributed by atoms with van der Waals surface area (Å²) in [5.74, 6) is -2.25. The Morgan fingerprint density at radius 2 is 1.77 bits per heavy atom. The van der Waals surface area contributed by atoms with Crippen molar-refractivity contribution in [1.29, 1.82) is 0 Å². The molecule has 170 valence electrons. The lowest BCUT2D eigenvalue weighted by Crippen LogP contribution is -2.41. The van der Waals surface area contributed by atoms with E-state index in [1.807, 2.05) is 19.2 Å². The molecule has 0 bridgehead atoms. The van der Waals surface area contributed by atoms with E-state index in [-0.39, 0.29) is 17.5 Å². The number of nitrogens with one attached hydrogen (secondary N) is 1. The Kier molecular flexibility index (Phi) is 7.35.